The topological polar surface area (TPSA) is 75.3 Å². The van der Waals surface area contributed by atoms with Crippen LogP contribution in [0.4, 0.5) is 11.4 Å². The minimum Gasteiger partial charge on any atom is -0.397 e. The first kappa shape index (κ1) is 11.9. The van der Waals surface area contributed by atoms with Gasteiger partial charge >= 0.3 is 0 Å². The number of nitrogen functional groups attached to an aromatic ring is 1. The molecule has 0 aliphatic rings. The maximum atomic E-state index is 11.4. The molecule has 0 unspecified atom stereocenters. The smallest absolute Gasteiger partial charge is 0.234 e. The number of nitrogens with one attached hydrogen (secondary N) is 1. The molecule has 4 nitrogen and oxygen atoms in total. The van der Waals surface area contributed by atoms with E-state index in [1.807, 2.05) is 12.1 Å². The van der Waals surface area contributed by atoms with E-state index in [0.717, 1.165) is 0 Å². The summed E-state index contributed by atoms with van der Waals surface area (Å²) in [4.78, 5) is 11.4. The van der Waals surface area contributed by atoms with Crippen LogP contribution in [0.25, 0.3) is 0 Å². The number of aliphatic hydroxyl groups excluding tert-OH is 1. The van der Waals surface area contributed by atoms with Crippen LogP contribution in [-0.4, -0.2) is 29.1 Å². The third kappa shape index (κ3) is 4.22. The molecule has 15 heavy (non-hydrogen) atoms. The van der Waals surface area contributed by atoms with Crippen LogP contribution in [0.2, 0.25) is 0 Å². The molecular weight excluding hydrogens is 212 g/mol. The second kappa shape index (κ2) is 6.31. The minimum absolute atomic E-state index is 0.0887. The molecule has 0 saturated heterocycles. The SMILES string of the molecule is Nc1ccccc1NC(=O)CSCCO. The van der Waals surface area contributed by atoms with Gasteiger partial charge in [-0.25, -0.2) is 0 Å². The lowest BCUT2D eigenvalue weighted by Gasteiger charge is -2.06. The van der Waals surface area contributed by atoms with E-state index < -0.39 is 0 Å². The van der Waals surface area contributed by atoms with E-state index in [-0.39, 0.29) is 12.5 Å². The zero-order valence-corrected chi connectivity index (χ0v) is 9.09. The van der Waals surface area contributed by atoms with E-state index in [0.29, 0.717) is 22.9 Å². The normalized spacial score (nSPS) is 9.93. The number of anilines is 2. The van der Waals surface area contributed by atoms with Crippen molar-refractivity contribution in [1.82, 2.24) is 0 Å². The van der Waals surface area contributed by atoms with Gasteiger partial charge in [0.2, 0.25) is 5.91 Å². The van der Waals surface area contributed by atoms with Gasteiger partial charge in [-0.15, -0.1) is 11.8 Å². The molecule has 1 aromatic carbocycles. The number of carbonyl (C=O) groups excluding carboxylic acids is 1. The maximum Gasteiger partial charge on any atom is 0.234 e. The Morgan fingerprint density at radius 3 is 2.87 bits per heavy atom. The second-order valence-electron chi connectivity index (χ2n) is 2.91. The van der Waals surface area contributed by atoms with Gasteiger partial charge in [0.25, 0.3) is 0 Å². The summed E-state index contributed by atoms with van der Waals surface area (Å²) in [5.74, 6) is 0.790. The summed E-state index contributed by atoms with van der Waals surface area (Å²) in [6, 6.07) is 7.11. The molecule has 0 aliphatic carbocycles. The molecule has 0 aromatic heterocycles. The van der Waals surface area contributed by atoms with Gasteiger partial charge in [-0.1, -0.05) is 12.1 Å². The zero-order chi connectivity index (χ0) is 11.1. The fourth-order valence-corrected chi connectivity index (χ4v) is 1.56. The van der Waals surface area contributed by atoms with Crippen LogP contribution in [0, 0.1) is 0 Å². The van der Waals surface area contributed by atoms with E-state index >= 15 is 0 Å². The third-order valence-electron chi connectivity index (χ3n) is 1.70. The molecule has 5 heteroatoms. The number of hydrogen-bond donors (Lipinski definition) is 3. The van der Waals surface area contributed by atoms with Crippen LogP contribution < -0.4 is 11.1 Å². The number of hydrogen-bond acceptors (Lipinski definition) is 4. The van der Waals surface area contributed by atoms with Crippen molar-refractivity contribution in [2.24, 2.45) is 0 Å². The summed E-state index contributed by atoms with van der Waals surface area (Å²) in [6.07, 6.45) is 0. The summed E-state index contributed by atoms with van der Waals surface area (Å²) in [7, 11) is 0. The number of nitrogens with two attached hydrogens (primary N) is 1. The Labute approximate surface area is 92.9 Å². The second-order valence-corrected chi connectivity index (χ2v) is 4.02. The maximum absolute atomic E-state index is 11.4. The number of rotatable bonds is 5. The van der Waals surface area contributed by atoms with E-state index in [2.05, 4.69) is 5.32 Å². The molecule has 0 aliphatic heterocycles. The van der Waals surface area contributed by atoms with Crippen molar-refractivity contribution in [2.45, 2.75) is 0 Å². The van der Waals surface area contributed by atoms with Crippen molar-refractivity contribution in [3.63, 3.8) is 0 Å². The van der Waals surface area contributed by atoms with Gasteiger partial charge in [0.05, 0.1) is 23.7 Å². The molecule has 0 spiro atoms. The number of aliphatic hydroxyl groups is 1. The van der Waals surface area contributed by atoms with Gasteiger partial charge in [-0.3, -0.25) is 4.79 Å². The molecule has 0 radical (unpaired) electrons. The van der Waals surface area contributed by atoms with Gasteiger partial charge in [-0.05, 0) is 12.1 Å². The minimum atomic E-state index is -0.105. The van der Waals surface area contributed by atoms with Gasteiger partial charge < -0.3 is 16.2 Å². The molecule has 0 heterocycles. The van der Waals surface area contributed by atoms with Gasteiger partial charge in [0, 0.05) is 5.75 Å². The first-order valence-electron chi connectivity index (χ1n) is 4.57. The number of benzene rings is 1. The number of thioether (sulfide) groups is 1. The zero-order valence-electron chi connectivity index (χ0n) is 8.27. The Bertz CT molecular complexity index is 331. The van der Waals surface area contributed by atoms with Crippen molar-refractivity contribution in [1.29, 1.82) is 0 Å². The van der Waals surface area contributed by atoms with Crippen LogP contribution in [0.3, 0.4) is 0 Å². The summed E-state index contributed by atoms with van der Waals surface area (Å²) in [5.41, 5.74) is 6.85. The van der Waals surface area contributed by atoms with E-state index in [4.69, 9.17) is 10.8 Å². The van der Waals surface area contributed by atoms with Crippen LogP contribution in [0.15, 0.2) is 24.3 Å². The molecule has 1 amide bonds. The Morgan fingerprint density at radius 1 is 1.47 bits per heavy atom. The molecule has 0 bridgehead atoms. The molecule has 0 saturated carbocycles. The fourth-order valence-electron chi connectivity index (χ4n) is 1.03. The summed E-state index contributed by atoms with van der Waals surface area (Å²) < 4.78 is 0. The average Bonchev–Trinajstić information content (AvgIpc) is 2.22. The fraction of sp³-hybridized carbons (Fsp3) is 0.300. The third-order valence-corrected chi connectivity index (χ3v) is 2.64. The Balaban J connectivity index is 2.41. The Kier molecular flexibility index (Phi) is 5.00. The molecule has 1 aromatic rings. The van der Waals surface area contributed by atoms with E-state index in [9.17, 15) is 4.79 Å². The molecule has 0 fully saturated rings. The number of para-hydroxylation sites is 2. The van der Waals surface area contributed by atoms with Gasteiger partial charge in [-0.2, -0.15) is 0 Å². The standard InChI is InChI=1S/C10H14N2O2S/c11-8-3-1-2-4-9(8)12-10(14)7-15-6-5-13/h1-4,13H,5-7,11H2,(H,12,14). The number of amides is 1. The van der Waals surface area contributed by atoms with Crippen LogP contribution in [-0.2, 0) is 4.79 Å². The molecule has 1 rings (SSSR count). The van der Waals surface area contributed by atoms with Crippen molar-refractivity contribution >= 4 is 29.0 Å². The molecular formula is C10H14N2O2S. The van der Waals surface area contributed by atoms with Crippen LogP contribution in [0.1, 0.15) is 0 Å². The predicted octanol–water partition coefficient (Wildman–Crippen LogP) is 0.933. The summed E-state index contributed by atoms with van der Waals surface area (Å²) >= 11 is 1.38. The lowest BCUT2D eigenvalue weighted by Crippen LogP contribution is -2.15. The average molecular weight is 226 g/mol. The van der Waals surface area contributed by atoms with E-state index in [1.165, 1.54) is 11.8 Å². The molecule has 4 N–H and O–H groups in total. The van der Waals surface area contributed by atoms with Crippen molar-refractivity contribution in [3.8, 4) is 0 Å². The Morgan fingerprint density at radius 2 is 2.20 bits per heavy atom. The van der Waals surface area contributed by atoms with Crippen molar-refractivity contribution < 1.29 is 9.90 Å². The largest absolute Gasteiger partial charge is 0.397 e. The van der Waals surface area contributed by atoms with E-state index in [1.54, 1.807) is 12.1 Å². The van der Waals surface area contributed by atoms with Gasteiger partial charge in [0.1, 0.15) is 0 Å². The summed E-state index contributed by atoms with van der Waals surface area (Å²) in [6.45, 7) is 0.0887. The lowest BCUT2D eigenvalue weighted by atomic mass is 10.3. The summed E-state index contributed by atoms with van der Waals surface area (Å²) in [5, 5.41) is 11.2. The first-order chi connectivity index (χ1) is 7.24. The van der Waals surface area contributed by atoms with Crippen molar-refractivity contribution in [3.05, 3.63) is 24.3 Å². The molecule has 0 atom stereocenters. The Hall–Kier alpha value is -1.20. The highest BCUT2D eigenvalue weighted by Gasteiger charge is 2.03. The molecule has 82 valence electrons. The van der Waals surface area contributed by atoms with Crippen molar-refractivity contribution in [2.75, 3.05) is 29.2 Å². The highest BCUT2D eigenvalue weighted by atomic mass is 32.2. The first-order valence-corrected chi connectivity index (χ1v) is 5.72. The predicted molar refractivity (Wildman–Crippen MR) is 63.9 cm³/mol. The monoisotopic (exact) mass is 226 g/mol. The highest BCUT2D eigenvalue weighted by Crippen LogP contribution is 2.16. The number of carbonyl (C=O) groups is 1. The van der Waals surface area contributed by atoms with Crippen LogP contribution in [0.5, 0.6) is 0 Å². The quantitative estimate of drug-likeness (QED) is 0.516. The highest BCUT2D eigenvalue weighted by molar-refractivity contribution is 7.99. The lowest BCUT2D eigenvalue weighted by molar-refractivity contribution is -0.113. The van der Waals surface area contributed by atoms with Crippen LogP contribution >= 0.6 is 11.8 Å². The van der Waals surface area contributed by atoms with Gasteiger partial charge in [0.15, 0.2) is 0 Å².